The molecule has 0 amide bonds. The van der Waals surface area contributed by atoms with Crippen LogP contribution in [0.15, 0.2) is 24.3 Å². The van der Waals surface area contributed by atoms with E-state index in [2.05, 4.69) is 5.32 Å². The first kappa shape index (κ1) is 12.8. The van der Waals surface area contributed by atoms with Gasteiger partial charge in [0.1, 0.15) is 6.04 Å². The van der Waals surface area contributed by atoms with Gasteiger partial charge in [0.05, 0.1) is 0 Å². The van der Waals surface area contributed by atoms with Crippen molar-refractivity contribution < 1.29 is 13.2 Å². The molecule has 0 aromatic heterocycles. The second-order valence-corrected chi connectivity index (χ2v) is 3.75. The Kier molecular flexibility index (Phi) is 3.80. The summed E-state index contributed by atoms with van der Waals surface area (Å²) >= 11 is 0. The number of nitrogens with one attached hydrogen (secondary N) is 1. The van der Waals surface area contributed by atoms with Crippen molar-refractivity contribution in [3.8, 4) is 0 Å². The molecule has 0 saturated heterocycles. The van der Waals surface area contributed by atoms with Gasteiger partial charge in [-0.3, -0.25) is 0 Å². The lowest BCUT2D eigenvalue weighted by molar-refractivity contribution is -0.156. The second-order valence-electron chi connectivity index (χ2n) is 3.75. The zero-order chi connectivity index (χ0) is 12.3. The van der Waals surface area contributed by atoms with Gasteiger partial charge < -0.3 is 10.2 Å². The van der Waals surface area contributed by atoms with Gasteiger partial charge in [-0.05, 0) is 24.7 Å². The molecule has 0 heterocycles. The Labute approximate surface area is 93.1 Å². The Morgan fingerprint density at radius 2 is 1.62 bits per heavy atom. The van der Waals surface area contributed by atoms with Gasteiger partial charge in [0.25, 0.3) is 0 Å². The monoisotopic (exact) mass is 232 g/mol. The molecule has 90 valence electrons. The molecular weight excluding hydrogens is 217 g/mol. The summed E-state index contributed by atoms with van der Waals surface area (Å²) in [4.78, 5) is 1.84. The van der Waals surface area contributed by atoms with Gasteiger partial charge in [-0.1, -0.05) is 12.1 Å². The fraction of sp³-hybridized carbons (Fsp3) is 0.455. The van der Waals surface area contributed by atoms with E-state index in [4.69, 9.17) is 0 Å². The maximum atomic E-state index is 12.6. The Hall–Kier alpha value is -1.23. The standard InChI is InChI=1S/C11H15F3N2/c1-15-10(11(12,13)14)8-4-6-9(7-5-8)16(2)3/h4-7,10,15H,1-3H3. The molecule has 16 heavy (non-hydrogen) atoms. The van der Waals surface area contributed by atoms with E-state index in [-0.39, 0.29) is 5.56 Å². The molecule has 0 aliphatic carbocycles. The number of nitrogens with zero attached hydrogens (tertiary/aromatic N) is 1. The largest absolute Gasteiger partial charge is 0.407 e. The van der Waals surface area contributed by atoms with Crippen LogP contribution >= 0.6 is 0 Å². The highest BCUT2D eigenvalue weighted by atomic mass is 19.4. The van der Waals surface area contributed by atoms with Crippen LogP contribution in [0.3, 0.4) is 0 Å². The predicted octanol–water partition coefficient (Wildman–Crippen LogP) is 2.58. The van der Waals surface area contributed by atoms with E-state index in [0.29, 0.717) is 0 Å². The summed E-state index contributed by atoms with van der Waals surface area (Å²) in [7, 11) is 4.99. The van der Waals surface area contributed by atoms with Crippen LogP contribution in [-0.4, -0.2) is 27.3 Å². The molecule has 5 heteroatoms. The third-order valence-corrected chi connectivity index (χ3v) is 2.36. The van der Waals surface area contributed by atoms with Crippen LogP contribution in [0.1, 0.15) is 11.6 Å². The van der Waals surface area contributed by atoms with Crippen LogP contribution in [0.4, 0.5) is 18.9 Å². The molecule has 0 aliphatic rings. The van der Waals surface area contributed by atoms with E-state index < -0.39 is 12.2 Å². The average Bonchev–Trinajstić information content (AvgIpc) is 2.17. The molecule has 0 aliphatic heterocycles. The molecule has 0 fully saturated rings. The molecule has 0 saturated carbocycles. The summed E-state index contributed by atoms with van der Waals surface area (Å²) in [6, 6.07) is 4.72. The Morgan fingerprint density at radius 3 is 1.94 bits per heavy atom. The van der Waals surface area contributed by atoms with Gasteiger partial charge >= 0.3 is 6.18 Å². The first-order valence-electron chi connectivity index (χ1n) is 4.87. The number of rotatable bonds is 3. The topological polar surface area (TPSA) is 15.3 Å². The normalized spacial score (nSPS) is 13.6. The van der Waals surface area contributed by atoms with E-state index in [0.717, 1.165) is 5.69 Å². The highest BCUT2D eigenvalue weighted by molar-refractivity contribution is 5.46. The summed E-state index contributed by atoms with van der Waals surface area (Å²) in [6.07, 6.45) is -4.27. The smallest absolute Gasteiger partial charge is 0.378 e. The third-order valence-electron chi connectivity index (χ3n) is 2.36. The van der Waals surface area contributed by atoms with Crippen molar-refractivity contribution in [2.45, 2.75) is 12.2 Å². The SMILES string of the molecule is CNC(c1ccc(N(C)C)cc1)C(F)(F)F. The molecule has 1 aromatic carbocycles. The van der Waals surface area contributed by atoms with Crippen LogP contribution in [0.25, 0.3) is 0 Å². The van der Waals surface area contributed by atoms with Crippen LogP contribution in [0.5, 0.6) is 0 Å². The Bertz CT molecular complexity index is 330. The molecule has 1 atom stereocenters. The van der Waals surface area contributed by atoms with E-state index in [1.165, 1.54) is 19.2 Å². The first-order chi connectivity index (χ1) is 7.36. The van der Waals surface area contributed by atoms with Gasteiger partial charge in [-0.25, -0.2) is 0 Å². The summed E-state index contributed by atoms with van der Waals surface area (Å²) in [5.74, 6) is 0. The maximum Gasteiger partial charge on any atom is 0.407 e. The number of halogens is 3. The Balaban J connectivity index is 2.96. The second kappa shape index (κ2) is 4.74. The van der Waals surface area contributed by atoms with E-state index in [9.17, 15) is 13.2 Å². The average molecular weight is 232 g/mol. The first-order valence-corrected chi connectivity index (χ1v) is 4.87. The summed E-state index contributed by atoms with van der Waals surface area (Å²) < 4.78 is 37.8. The highest BCUT2D eigenvalue weighted by Crippen LogP contribution is 2.32. The molecule has 1 aromatic rings. The molecule has 0 spiro atoms. The molecule has 0 radical (unpaired) electrons. The van der Waals surface area contributed by atoms with E-state index >= 15 is 0 Å². The van der Waals surface area contributed by atoms with Gasteiger partial charge in [0.15, 0.2) is 0 Å². The zero-order valence-electron chi connectivity index (χ0n) is 9.47. The number of hydrogen-bond acceptors (Lipinski definition) is 2. The lowest BCUT2D eigenvalue weighted by atomic mass is 10.1. The molecular formula is C11H15F3N2. The molecule has 1 unspecified atom stereocenters. The van der Waals surface area contributed by atoms with Crippen molar-refractivity contribution in [3.05, 3.63) is 29.8 Å². The summed E-state index contributed by atoms with van der Waals surface area (Å²) in [6.45, 7) is 0. The van der Waals surface area contributed by atoms with Crippen molar-refractivity contribution in [1.29, 1.82) is 0 Å². The molecule has 0 bridgehead atoms. The number of hydrogen-bond donors (Lipinski definition) is 1. The van der Waals surface area contributed by atoms with Crippen LogP contribution in [-0.2, 0) is 0 Å². The molecule has 1 N–H and O–H groups in total. The molecule has 2 nitrogen and oxygen atoms in total. The zero-order valence-corrected chi connectivity index (χ0v) is 9.47. The van der Waals surface area contributed by atoms with E-state index in [1.54, 1.807) is 12.1 Å². The summed E-state index contributed by atoms with van der Waals surface area (Å²) in [5.41, 5.74) is 1.10. The molecule has 1 rings (SSSR count). The van der Waals surface area contributed by atoms with Gasteiger partial charge in [0.2, 0.25) is 0 Å². The minimum absolute atomic E-state index is 0.223. The van der Waals surface area contributed by atoms with Crippen LogP contribution < -0.4 is 10.2 Å². The minimum Gasteiger partial charge on any atom is -0.378 e. The van der Waals surface area contributed by atoms with Crippen LogP contribution in [0.2, 0.25) is 0 Å². The number of alkyl halides is 3. The quantitative estimate of drug-likeness (QED) is 0.861. The maximum absolute atomic E-state index is 12.6. The van der Waals surface area contributed by atoms with Gasteiger partial charge in [0, 0.05) is 19.8 Å². The Morgan fingerprint density at radius 1 is 1.12 bits per heavy atom. The van der Waals surface area contributed by atoms with Crippen molar-refractivity contribution >= 4 is 5.69 Å². The van der Waals surface area contributed by atoms with Crippen LogP contribution in [0, 0.1) is 0 Å². The highest BCUT2D eigenvalue weighted by Gasteiger charge is 2.39. The summed E-state index contributed by atoms with van der Waals surface area (Å²) in [5, 5.41) is 2.27. The lowest BCUT2D eigenvalue weighted by Crippen LogP contribution is -2.31. The van der Waals surface area contributed by atoms with E-state index in [1.807, 2.05) is 19.0 Å². The number of anilines is 1. The van der Waals surface area contributed by atoms with Gasteiger partial charge in [-0.2, -0.15) is 13.2 Å². The number of benzene rings is 1. The van der Waals surface area contributed by atoms with Crippen molar-refractivity contribution in [3.63, 3.8) is 0 Å². The van der Waals surface area contributed by atoms with Crippen molar-refractivity contribution in [2.24, 2.45) is 0 Å². The van der Waals surface area contributed by atoms with Crippen molar-refractivity contribution in [2.75, 3.05) is 26.0 Å². The van der Waals surface area contributed by atoms with Gasteiger partial charge in [-0.15, -0.1) is 0 Å². The minimum atomic E-state index is -4.27. The predicted molar refractivity (Wildman–Crippen MR) is 58.6 cm³/mol. The fourth-order valence-electron chi connectivity index (χ4n) is 1.48. The van der Waals surface area contributed by atoms with Crippen molar-refractivity contribution in [1.82, 2.24) is 5.32 Å². The lowest BCUT2D eigenvalue weighted by Gasteiger charge is -2.21. The third kappa shape index (κ3) is 2.88. The fourth-order valence-corrected chi connectivity index (χ4v) is 1.48.